The summed E-state index contributed by atoms with van der Waals surface area (Å²) in [5.74, 6) is 2.11. The van der Waals surface area contributed by atoms with Crippen molar-refractivity contribution in [2.45, 2.75) is 30.1 Å². The minimum atomic E-state index is -0.0427. The van der Waals surface area contributed by atoms with Crippen molar-refractivity contribution in [3.63, 3.8) is 0 Å². The van der Waals surface area contributed by atoms with E-state index in [9.17, 15) is 4.79 Å². The van der Waals surface area contributed by atoms with E-state index < -0.39 is 0 Å². The summed E-state index contributed by atoms with van der Waals surface area (Å²) in [5, 5.41) is 4.15. The second kappa shape index (κ2) is 8.69. The zero-order valence-electron chi connectivity index (χ0n) is 16.5. The van der Waals surface area contributed by atoms with Gasteiger partial charge in [-0.15, -0.1) is 11.8 Å². The second-order valence-electron chi connectivity index (χ2n) is 7.00. The fourth-order valence-electron chi connectivity index (χ4n) is 3.49. The van der Waals surface area contributed by atoms with Crippen molar-refractivity contribution in [1.82, 2.24) is 10.1 Å². The minimum Gasteiger partial charge on any atom is -0.497 e. The van der Waals surface area contributed by atoms with Crippen LogP contribution < -0.4 is 9.64 Å². The molecular formula is C22H23N3O3S. The molecule has 2 aromatic carbocycles. The van der Waals surface area contributed by atoms with Crippen LogP contribution in [0.4, 0.5) is 5.69 Å². The number of carbonyl (C=O) groups excluding carboxylic acids is 1. The lowest BCUT2D eigenvalue weighted by molar-refractivity contribution is -0.117. The van der Waals surface area contributed by atoms with Gasteiger partial charge in [0.2, 0.25) is 11.8 Å². The Morgan fingerprint density at radius 3 is 2.79 bits per heavy atom. The minimum absolute atomic E-state index is 0.0427. The van der Waals surface area contributed by atoms with Crippen LogP contribution in [0.5, 0.6) is 5.75 Å². The van der Waals surface area contributed by atoms with E-state index in [2.05, 4.69) is 10.1 Å². The number of carbonyl (C=O) groups is 1. The molecule has 0 saturated carbocycles. The van der Waals surface area contributed by atoms with Crippen molar-refractivity contribution in [3.8, 4) is 5.75 Å². The molecule has 1 saturated heterocycles. The van der Waals surface area contributed by atoms with E-state index >= 15 is 0 Å². The van der Waals surface area contributed by atoms with Crippen LogP contribution in [0.3, 0.4) is 0 Å². The maximum absolute atomic E-state index is 12.6. The predicted octanol–water partition coefficient (Wildman–Crippen LogP) is 4.11. The molecule has 1 atom stereocenters. The molecule has 1 fully saturated rings. The Bertz CT molecular complexity index is 987. The largest absolute Gasteiger partial charge is 0.497 e. The zero-order valence-corrected chi connectivity index (χ0v) is 17.3. The third-order valence-electron chi connectivity index (χ3n) is 5.13. The fourth-order valence-corrected chi connectivity index (χ4v) is 3.94. The van der Waals surface area contributed by atoms with Gasteiger partial charge >= 0.3 is 0 Å². The normalized spacial score (nSPS) is 16.4. The molecule has 29 heavy (non-hydrogen) atoms. The lowest BCUT2D eigenvalue weighted by Gasteiger charge is -2.16. The van der Waals surface area contributed by atoms with Gasteiger partial charge in [0, 0.05) is 35.9 Å². The first-order valence-electron chi connectivity index (χ1n) is 9.56. The van der Waals surface area contributed by atoms with E-state index in [0.717, 1.165) is 22.8 Å². The number of hydrogen-bond acceptors (Lipinski definition) is 6. The number of amides is 1. The van der Waals surface area contributed by atoms with E-state index in [-0.39, 0.29) is 11.8 Å². The van der Waals surface area contributed by atoms with Crippen molar-refractivity contribution in [2.24, 2.45) is 0 Å². The lowest BCUT2D eigenvalue weighted by Crippen LogP contribution is -2.24. The van der Waals surface area contributed by atoms with Crippen LogP contribution in [0, 0.1) is 0 Å². The standard InChI is InChI=1S/C22H23N3O3S/c1-27-18-9-6-15(7-10-18)8-11-20-23-22(24-28-20)16-12-21(26)25(14-16)17-4-3-5-19(13-17)29-2/h3-7,9-10,13,16H,8,11-12,14H2,1-2H3. The summed E-state index contributed by atoms with van der Waals surface area (Å²) in [5.41, 5.74) is 2.11. The number of anilines is 1. The molecule has 4 rings (SSSR count). The highest BCUT2D eigenvalue weighted by molar-refractivity contribution is 7.98. The Labute approximate surface area is 174 Å². The number of nitrogens with zero attached hydrogens (tertiary/aromatic N) is 3. The number of hydrogen-bond donors (Lipinski definition) is 0. The van der Waals surface area contributed by atoms with Crippen LogP contribution in [0.25, 0.3) is 0 Å². The molecule has 1 aromatic heterocycles. The molecule has 1 aliphatic heterocycles. The number of thioether (sulfide) groups is 1. The average Bonchev–Trinajstić information content (AvgIpc) is 3.39. The van der Waals surface area contributed by atoms with E-state index in [0.29, 0.717) is 31.1 Å². The molecule has 150 valence electrons. The van der Waals surface area contributed by atoms with Gasteiger partial charge in [-0.2, -0.15) is 4.98 Å². The summed E-state index contributed by atoms with van der Waals surface area (Å²) in [6.07, 6.45) is 3.91. The summed E-state index contributed by atoms with van der Waals surface area (Å²) >= 11 is 1.66. The summed E-state index contributed by atoms with van der Waals surface area (Å²) in [6.45, 7) is 0.578. The van der Waals surface area contributed by atoms with Gasteiger partial charge in [-0.3, -0.25) is 4.79 Å². The topological polar surface area (TPSA) is 68.5 Å². The Balaban J connectivity index is 1.39. The second-order valence-corrected chi connectivity index (χ2v) is 7.88. The highest BCUT2D eigenvalue weighted by atomic mass is 32.2. The van der Waals surface area contributed by atoms with Crippen molar-refractivity contribution < 1.29 is 14.1 Å². The van der Waals surface area contributed by atoms with Crippen LogP contribution in [-0.4, -0.2) is 36.0 Å². The fraction of sp³-hybridized carbons (Fsp3) is 0.318. The van der Waals surface area contributed by atoms with Gasteiger partial charge in [0.15, 0.2) is 5.82 Å². The third-order valence-corrected chi connectivity index (χ3v) is 5.85. The van der Waals surface area contributed by atoms with Gasteiger partial charge in [-0.25, -0.2) is 0 Å². The van der Waals surface area contributed by atoms with Gasteiger partial charge in [-0.05, 0) is 48.6 Å². The van der Waals surface area contributed by atoms with Gasteiger partial charge in [-0.1, -0.05) is 23.4 Å². The van der Waals surface area contributed by atoms with E-state index in [4.69, 9.17) is 9.26 Å². The lowest BCUT2D eigenvalue weighted by atomic mass is 10.1. The number of aryl methyl sites for hydroxylation is 2. The van der Waals surface area contributed by atoms with Gasteiger partial charge in [0.05, 0.1) is 7.11 Å². The highest BCUT2D eigenvalue weighted by Crippen LogP contribution is 2.32. The molecule has 1 amide bonds. The van der Waals surface area contributed by atoms with Crippen LogP contribution in [-0.2, 0) is 17.6 Å². The summed E-state index contributed by atoms with van der Waals surface area (Å²) < 4.78 is 10.6. The highest BCUT2D eigenvalue weighted by Gasteiger charge is 2.34. The number of benzene rings is 2. The number of methoxy groups -OCH3 is 1. The van der Waals surface area contributed by atoms with Crippen LogP contribution in [0.15, 0.2) is 57.9 Å². The van der Waals surface area contributed by atoms with E-state index in [1.54, 1.807) is 18.9 Å². The monoisotopic (exact) mass is 409 g/mol. The van der Waals surface area contributed by atoms with E-state index in [1.165, 1.54) is 5.56 Å². The van der Waals surface area contributed by atoms with Gasteiger partial charge < -0.3 is 14.2 Å². The van der Waals surface area contributed by atoms with Crippen molar-refractivity contribution in [3.05, 3.63) is 65.8 Å². The number of ether oxygens (including phenoxy) is 1. The molecule has 1 unspecified atom stereocenters. The Hall–Kier alpha value is -2.80. The summed E-state index contributed by atoms with van der Waals surface area (Å²) in [7, 11) is 1.66. The Kier molecular flexibility index (Phi) is 5.85. The quantitative estimate of drug-likeness (QED) is 0.547. The zero-order chi connectivity index (χ0) is 20.2. The molecule has 1 aliphatic rings. The SMILES string of the molecule is COc1ccc(CCc2nc(C3CC(=O)N(c4cccc(SC)c4)C3)no2)cc1. The Morgan fingerprint density at radius 2 is 2.03 bits per heavy atom. The summed E-state index contributed by atoms with van der Waals surface area (Å²) in [4.78, 5) is 20.1. The molecule has 3 aromatic rings. The molecule has 2 heterocycles. The third kappa shape index (κ3) is 4.45. The average molecular weight is 410 g/mol. The van der Waals surface area contributed by atoms with Crippen molar-refractivity contribution in [2.75, 3.05) is 24.8 Å². The van der Waals surface area contributed by atoms with E-state index in [1.807, 2.05) is 59.7 Å². The van der Waals surface area contributed by atoms with Crippen LogP contribution >= 0.6 is 11.8 Å². The molecule has 7 heteroatoms. The van der Waals surface area contributed by atoms with Gasteiger partial charge in [0.1, 0.15) is 5.75 Å². The Morgan fingerprint density at radius 1 is 1.21 bits per heavy atom. The number of rotatable bonds is 7. The maximum atomic E-state index is 12.6. The number of aromatic nitrogens is 2. The first kappa shape index (κ1) is 19.5. The molecule has 6 nitrogen and oxygen atoms in total. The molecule has 0 spiro atoms. The van der Waals surface area contributed by atoms with Gasteiger partial charge in [0.25, 0.3) is 0 Å². The van der Waals surface area contributed by atoms with Crippen LogP contribution in [0.2, 0.25) is 0 Å². The van der Waals surface area contributed by atoms with Crippen molar-refractivity contribution in [1.29, 1.82) is 0 Å². The summed E-state index contributed by atoms with van der Waals surface area (Å²) in [6, 6.07) is 16.0. The first-order chi connectivity index (χ1) is 14.2. The molecule has 0 radical (unpaired) electrons. The molecular weight excluding hydrogens is 386 g/mol. The maximum Gasteiger partial charge on any atom is 0.227 e. The van der Waals surface area contributed by atoms with Crippen molar-refractivity contribution >= 4 is 23.4 Å². The van der Waals surface area contributed by atoms with Crippen LogP contribution in [0.1, 0.15) is 29.6 Å². The first-order valence-corrected chi connectivity index (χ1v) is 10.8. The smallest absolute Gasteiger partial charge is 0.227 e. The molecule has 0 N–H and O–H groups in total. The predicted molar refractivity (Wildman–Crippen MR) is 113 cm³/mol. The molecule has 0 aliphatic carbocycles. The molecule has 0 bridgehead atoms.